The Morgan fingerprint density at radius 2 is 1.83 bits per heavy atom. The lowest BCUT2D eigenvalue weighted by Crippen LogP contribution is -2.39. The summed E-state index contributed by atoms with van der Waals surface area (Å²) in [7, 11) is 2.98. The average molecular weight is 410 g/mol. The molecule has 0 fully saturated rings. The predicted octanol–water partition coefficient (Wildman–Crippen LogP) is 0.934. The molecule has 2 aromatic heterocycles. The van der Waals surface area contributed by atoms with Crippen LogP contribution in [-0.2, 0) is 30.2 Å². The predicted molar refractivity (Wildman–Crippen MR) is 112 cm³/mol. The highest BCUT2D eigenvalue weighted by Gasteiger charge is 2.31. The van der Waals surface area contributed by atoms with Gasteiger partial charge in [-0.2, -0.15) is 10.1 Å². The van der Waals surface area contributed by atoms with Crippen LogP contribution in [0, 0.1) is 0 Å². The topological polar surface area (TPSA) is 104 Å². The van der Waals surface area contributed by atoms with Crippen molar-refractivity contribution in [1.82, 2.24) is 18.7 Å². The summed E-state index contributed by atoms with van der Waals surface area (Å²) in [6.45, 7) is 3.68. The molecule has 0 amide bonds. The van der Waals surface area contributed by atoms with E-state index in [4.69, 9.17) is 4.74 Å². The lowest BCUT2D eigenvalue weighted by atomic mass is 10.2. The molecular weight excluding hydrogens is 388 g/mol. The molecular formula is C20H22N6O4. The monoisotopic (exact) mass is 410 g/mol. The molecule has 156 valence electrons. The van der Waals surface area contributed by atoms with Crippen LogP contribution in [0.4, 0.5) is 5.95 Å². The first-order chi connectivity index (χ1) is 14.3. The van der Waals surface area contributed by atoms with Crippen LogP contribution in [0.25, 0.3) is 11.2 Å². The molecule has 0 spiro atoms. The third-order valence-corrected chi connectivity index (χ3v) is 5.30. The van der Waals surface area contributed by atoms with E-state index in [1.807, 2.05) is 44.2 Å². The number of anilines is 1. The molecule has 1 aromatic carbocycles. The summed E-state index contributed by atoms with van der Waals surface area (Å²) in [5.41, 5.74) is 1.20. The van der Waals surface area contributed by atoms with Crippen LogP contribution in [0.5, 0.6) is 0 Å². The molecule has 1 atom stereocenters. The van der Waals surface area contributed by atoms with Gasteiger partial charge in [-0.05, 0) is 19.4 Å². The highest BCUT2D eigenvalue weighted by atomic mass is 16.5. The summed E-state index contributed by atoms with van der Waals surface area (Å²) in [4.78, 5) is 42.0. The maximum absolute atomic E-state index is 12.8. The number of hydrogen-bond acceptors (Lipinski definition) is 7. The Labute approximate surface area is 171 Å². The van der Waals surface area contributed by atoms with Crippen molar-refractivity contribution < 1.29 is 9.53 Å². The number of esters is 1. The van der Waals surface area contributed by atoms with Gasteiger partial charge < -0.3 is 4.74 Å². The number of carbonyl (C=O) groups excluding carboxylic acids is 1. The fraction of sp³-hybridized carbons (Fsp3) is 0.350. The number of hydrazone groups is 1. The van der Waals surface area contributed by atoms with Gasteiger partial charge in [0.25, 0.3) is 5.56 Å². The first-order valence-corrected chi connectivity index (χ1v) is 9.49. The van der Waals surface area contributed by atoms with Gasteiger partial charge in [-0.15, -0.1) is 0 Å². The van der Waals surface area contributed by atoms with E-state index in [0.717, 1.165) is 10.1 Å². The van der Waals surface area contributed by atoms with Gasteiger partial charge in [-0.1, -0.05) is 30.3 Å². The van der Waals surface area contributed by atoms with Crippen LogP contribution in [0.15, 0.2) is 45.0 Å². The first-order valence-electron chi connectivity index (χ1n) is 9.49. The second-order valence-corrected chi connectivity index (χ2v) is 7.28. The van der Waals surface area contributed by atoms with Crippen molar-refractivity contribution in [2.75, 3.05) is 11.6 Å². The van der Waals surface area contributed by atoms with Crippen molar-refractivity contribution in [3.8, 4) is 0 Å². The number of aromatic nitrogens is 4. The molecule has 3 heterocycles. The van der Waals surface area contributed by atoms with Gasteiger partial charge in [0.1, 0.15) is 13.2 Å². The van der Waals surface area contributed by atoms with Crippen molar-refractivity contribution >= 4 is 28.8 Å². The molecule has 0 saturated heterocycles. The van der Waals surface area contributed by atoms with Gasteiger partial charge in [0.05, 0.1) is 11.8 Å². The number of nitrogens with zero attached hydrogens (tertiary/aromatic N) is 6. The standard InChI is InChI=1S/C20H22N6O4/c1-12-13(2)26-16-17(23(3)20(29)24(4)18(16)28)21-19(26)25(22-12)10-15(27)30-11-14-8-6-5-7-9-14/h5-9,13H,10-11H2,1-4H3/t13-/m0/s1. The smallest absolute Gasteiger partial charge is 0.332 e. The molecule has 4 rings (SSSR count). The number of ether oxygens (including phenoxy) is 1. The zero-order valence-corrected chi connectivity index (χ0v) is 17.2. The molecule has 0 aliphatic carbocycles. The van der Waals surface area contributed by atoms with E-state index in [0.29, 0.717) is 17.2 Å². The Kier molecular flexibility index (Phi) is 4.76. The molecule has 10 heteroatoms. The molecule has 1 aliphatic heterocycles. The quantitative estimate of drug-likeness (QED) is 0.593. The van der Waals surface area contributed by atoms with Crippen molar-refractivity contribution in [1.29, 1.82) is 0 Å². The average Bonchev–Trinajstić information content (AvgIpc) is 3.15. The van der Waals surface area contributed by atoms with E-state index in [9.17, 15) is 14.4 Å². The number of imidazole rings is 1. The van der Waals surface area contributed by atoms with Crippen LogP contribution in [0.3, 0.4) is 0 Å². The summed E-state index contributed by atoms with van der Waals surface area (Å²) < 4.78 is 9.43. The third-order valence-electron chi connectivity index (χ3n) is 5.30. The van der Waals surface area contributed by atoms with Crippen LogP contribution >= 0.6 is 0 Å². The Morgan fingerprint density at radius 3 is 2.53 bits per heavy atom. The van der Waals surface area contributed by atoms with E-state index < -0.39 is 17.2 Å². The number of rotatable bonds is 4. The van der Waals surface area contributed by atoms with E-state index >= 15 is 0 Å². The lowest BCUT2D eigenvalue weighted by molar-refractivity contribution is -0.143. The second-order valence-electron chi connectivity index (χ2n) is 7.28. The van der Waals surface area contributed by atoms with Gasteiger partial charge in [-0.25, -0.2) is 9.80 Å². The molecule has 0 saturated carbocycles. The van der Waals surface area contributed by atoms with Gasteiger partial charge in [0.15, 0.2) is 11.2 Å². The summed E-state index contributed by atoms with van der Waals surface area (Å²) >= 11 is 0. The zero-order chi connectivity index (χ0) is 21.6. The minimum absolute atomic E-state index is 0.151. The molecule has 30 heavy (non-hydrogen) atoms. The van der Waals surface area contributed by atoms with Crippen LogP contribution in [-0.4, -0.2) is 36.9 Å². The fourth-order valence-electron chi connectivity index (χ4n) is 3.47. The second kappa shape index (κ2) is 7.29. The number of aryl methyl sites for hydroxylation is 1. The zero-order valence-electron chi connectivity index (χ0n) is 17.2. The lowest BCUT2D eigenvalue weighted by Gasteiger charge is -2.28. The Hall–Kier alpha value is -3.69. The molecule has 10 nitrogen and oxygen atoms in total. The molecule has 0 unspecified atom stereocenters. The van der Waals surface area contributed by atoms with Crippen LogP contribution < -0.4 is 16.3 Å². The minimum Gasteiger partial charge on any atom is -0.459 e. The van der Waals surface area contributed by atoms with E-state index in [1.54, 1.807) is 11.6 Å². The first kappa shape index (κ1) is 19.6. The van der Waals surface area contributed by atoms with Crippen LogP contribution in [0.2, 0.25) is 0 Å². The van der Waals surface area contributed by atoms with E-state index in [-0.39, 0.29) is 24.8 Å². The maximum atomic E-state index is 12.8. The number of fused-ring (bicyclic) bond motifs is 3. The Balaban J connectivity index is 1.71. The summed E-state index contributed by atoms with van der Waals surface area (Å²) in [6, 6.07) is 9.11. The van der Waals surface area contributed by atoms with Crippen LogP contribution in [0.1, 0.15) is 25.5 Å². The highest BCUT2D eigenvalue weighted by molar-refractivity contribution is 5.92. The summed E-state index contributed by atoms with van der Waals surface area (Å²) in [5.74, 6) is -0.164. The van der Waals surface area contributed by atoms with Crippen molar-refractivity contribution in [3.63, 3.8) is 0 Å². The normalized spacial score (nSPS) is 15.8. The van der Waals surface area contributed by atoms with Gasteiger partial charge in [-0.3, -0.25) is 23.3 Å². The summed E-state index contributed by atoms with van der Waals surface area (Å²) in [5, 5.41) is 5.88. The number of benzene rings is 1. The largest absolute Gasteiger partial charge is 0.459 e. The fourth-order valence-corrected chi connectivity index (χ4v) is 3.47. The van der Waals surface area contributed by atoms with Gasteiger partial charge in [0.2, 0.25) is 5.95 Å². The Morgan fingerprint density at radius 1 is 1.13 bits per heavy atom. The van der Waals surface area contributed by atoms with Crippen molar-refractivity contribution in [3.05, 3.63) is 56.7 Å². The summed E-state index contributed by atoms with van der Waals surface area (Å²) in [6.07, 6.45) is 0. The highest BCUT2D eigenvalue weighted by Crippen LogP contribution is 2.29. The van der Waals surface area contributed by atoms with Gasteiger partial charge >= 0.3 is 11.7 Å². The molecule has 0 N–H and O–H groups in total. The van der Waals surface area contributed by atoms with Gasteiger partial charge in [0, 0.05) is 14.1 Å². The minimum atomic E-state index is -0.481. The maximum Gasteiger partial charge on any atom is 0.332 e. The number of hydrogen-bond donors (Lipinski definition) is 0. The van der Waals surface area contributed by atoms with Crippen molar-refractivity contribution in [2.45, 2.75) is 26.5 Å². The van der Waals surface area contributed by atoms with E-state index in [1.165, 1.54) is 16.6 Å². The molecule has 0 radical (unpaired) electrons. The van der Waals surface area contributed by atoms with Crippen molar-refractivity contribution in [2.24, 2.45) is 19.2 Å². The SMILES string of the molecule is CC1=NN(CC(=O)OCc2ccccc2)c2nc3c(c(=O)n(C)c(=O)n3C)n2[C@H]1C. The number of carbonyl (C=O) groups is 1. The molecule has 1 aliphatic rings. The molecule has 3 aromatic rings. The Bertz CT molecular complexity index is 1280. The third kappa shape index (κ3) is 3.10. The van der Waals surface area contributed by atoms with E-state index in [2.05, 4.69) is 10.1 Å². The molecule has 0 bridgehead atoms.